The molecule has 3 heteroatoms. The molecule has 1 atom stereocenters. The van der Waals surface area contributed by atoms with Crippen LogP contribution in [0.2, 0.25) is 0 Å². The molecule has 0 amide bonds. The molecule has 0 aromatic rings. The molecule has 1 unspecified atom stereocenters. The van der Waals surface area contributed by atoms with Crippen LogP contribution in [0.25, 0.3) is 0 Å². The Bertz CT molecular complexity index is 474. The number of nitrogens with zero attached hydrogens (tertiary/aromatic N) is 2. The summed E-state index contributed by atoms with van der Waals surface area (Å²) in [6.45, 7) is 19.1. The molecule has 0 saturated heterocycles. The Morgan fingerprint density at radius 1 is 1.22 bits per heavy atom. The van der Waals surface area contributed by atoms with Crippen LogP contribution in [0.3, 0.4) is 0 Å². The van der Waals surface area contributed by atoms with Crippen LogP contribution in [-0.4, -0.2) is 49.1 Å². The molecule has 0 aromatic carbocycles. The van der Waals surface area contributed by atoms with Crippen LogP contribution in [0.4, 0.5) is 0 Å². The number of likely N-dealkylation sites (N-methyl/N-ethyl adjacent to an activating group) is 1. The summed E-state index contributed by atoms with van der Waals surface area (Å²) >= 11 is 0. The SMILES string of the molecule is C=C/C=C(C)\C=C/CCCN(CCC(CC)N(C)C/C(N)=C/C)CC(C)C. The molecule has 3 nitrogen and oxygen atoms in total. The van der Waals surface area contributed by atoms with E-state index < -0.39 is 0 Å². The van der Waals surface area contributed by atoms with Crippen molar-refractivity contribution in [1.29, 1.82) is 0 Å². The zero-order chi connectivity index (χ0) is 20.7. The molecule has 0 rings (SSSR count). The van der Waals surface area contributed by atoms with Crippen LogP contribution in [0.1, 0.15) is 60.3 Å². The number of nitrogens with two attached hydrogens (primary N) is 1. The van der Waals surface area contributed by atoms with Crippen molar-refractivity contribution < 1.29 is 0 Å². The second-order valence-corrected chi connectivity index (χ2v) is 8.01. The van der Waals surface area contributed by atoms with Gasteiger partial charge in [-0.05, 0) is 65.6 Å². The van der Waals surface area contributed by atoms with E-state index in [1.165, 1.54) is 37.9 Å². The van der Waals surface area contributed by atoms with Gasteiger partial charge in [-0.3, -0.25) is 4.90 Å². The first-order chi connectivity index (χ1) is 12.8. The fourth-order valence-electron chi connectivity index (χ4n) is 3.33. The normalized spacial score (nSPS) is 14.7. The Kier molecular flexibility index (Phi) is 14.9. The van der Waals surface area contributed by atoms with E-state index in [9.17, 15) is 0 Å². The van der Waals surface area contributed by atoms with E-state index in [1.54, 1.807) is 0 Å². The number of allylic oxidation sites excluding steroid dienone is 6. The first-order valence-corrected chi connectivity index (χ1v) is 10.6. The van der Waals surface area contributed by atoms with Gasteiger partial charge in [0, 0.05) is 24.8 Å². The highest BCUT2D eigenvalue weighted by Crippen LogP contribution is 2.11. The summed E-state index contributed by atoms with van der Waals surface area (Å²) in [4.78, 5) is 5.04. The lowest BCUT2D eigenvalue weighted by Crippen LogP contribution is -2.38. The molecular weight excluding hydrogens is 330 g/mol. The summed E-state index contributed by atoms with van der Waals surface area (Å²) < 4.78 is 0. The molecule has 27 heavy (non-hydrogen) atoms. The highest BCUT2D eigenvalue weighted by atomic mass is 15.2. The van der Waals surface area contributed by atoms with Gasteiger partial charge in [-0.25, -0.2) is 0 Å². The van der Waals surface area contributed by atoms with Crippen LogP contribution in [-0.2, 0) is 0 Å². The predicted octanol–water partition coefficient (Wildman–Crippen LogP) is 5.38. The average Bonchev–Trinajstić information content (AvgIpc) is 2.61. The molecule has 0 heterocycles. The lowest BCUT2D eigenvalue weighted by Gasteiger charge is -2.31. The number of hydrogen-bond donors (Lipinski definition) is 1. The highest BCUT2D eigenvalue weighted by Gasteiger charge is 2.15. The molecule has 0 aliphatic rings. The van der Waals surface area contributed by atoms with Crippen molar-refractivity contribution in [3.8, 4) is 0 Å². The van der Waals surface area contributed by atoms with E-state index in [4.69, 9.17) is 5.73 Å². The topological polar surface area (TPSA) is 32.5 Å². The lowest BCUT2D eigenvalue weighted by atomic mass is 10.1. The quantitative estimate of drug-likeness (QED) is 0.308. The first kappa shape index (κ1) is 25.7. The molecule has 0 saturated carbocycles. The third-order valence-corrected chi connectivity index (χ3v) is 4.91. The van der Waals surface area contributed by atoms with E-state index in [-0.39, 0.29) is 0 Å². The molecule has 2 N–H and O–H groups in total. The van der Waals surface area contributed by atoms with Gasteiger partial charge in [-0.1, -0.05) is 63.3 Å². The third kappa shape index (κ3) is 13.5. The van der Waals surface area contributed by atoms with Gasteiger partial charge in [-0.2, -0.15) is 0 Å². The fourth-order valence-corrected chi connectivity index (χ4v) is 3.33. The highest BCUT2D eigenvalue weighted by molar-refractivity contribution is 5.20. The van der Waals surface area contributed by atoms with E-state index in [0.717, 1.165) is 25.2 Å². The fraction of sp³-hybridized carbons (Fsp3) is 0.667. The second-order valence-electron chi connectivity index (χ2n) is 8.01. The zero-order valence-electron chi connectivity index (χ0n) is 18.9. The molecule has 0 aromatic heterocycles. The van der Waals surface area contributed by atoms with Crippen molar-refractivity contribution >= 4 is 0 Å². The minimum Gasteiger partial charge on any atom is -0.401 e. The standard InChI is InChI=1S/C24H45N3/c1-8-14-22(6)15-12-11-13-17-27(19-21(4)5)18-16-24(10-3)26(7)20-23(25)9-2/h8-9,12,14-15,21,24H,1,10-11,13,16-20,25H2,2-7H3/b15-12-,22-14-,23-9-. The van der Waals surface area contributed by atoms with Crippen molar-refractivity contribution in [2.45, 2.75) is 66.3 Å². The summed E-state index contributed by atoms with van der Waals surface area (Å²) in [6, 6.07) is 0.588. The van der Waals surface area contributed by atoms with Crippen LogP contribution in [0, 0.1) is 5.92 Å². The van der Waals surface area contributed by atoms with Crippen molar-refractivity contribution in [3.05, 3.63) is 48.2 Å². The van der Waals surface area contributed by atoms with Crippen LogP contribution >= 0.6 is 0 Å². The minimum atomic E-state index is 0.588. The predicted molar refractivity (Wildman–Crippen MR) is 123 cm³/mol. The minimum absolute atomic E-state index is 0.588. The molecule has 0 bridgehead atoms. The van der Waals surface area contributed by atoms with Crippen LogP contribution in [0.15, 0.2) is 48.2 Å². The zero-order valence-corrected chi connectivity index (χ0v) is 18.9. The smallest absolute Gasteiger partial charge is 0.0376 e. The van der Waals surface area contributed by atoms with Gasteiger partial charge in [-0.15, -0.1) is 0 Å². The Labute approximate surface area is 169 Å². The van der Waals surface area contributed by atoms with Crippen molar-refractivity contribution in [2.24, 2.45) is 11.7 Å². The monoisotopic (exact) mass is 375 g/mol. The summed E-state index contributed by atoms with van der Waals surface area (Å²) in [5, 5.41) is 0. The van der Waals surface area contributed by atoms with Gasteiger partial charge in [0.1, 0.15) is 0 Å². The molecule has 0 radical (unpaired) electrons. The van der Waals surface area contributed by atoms with E-state index in [1.807, 2.05) is 25.2 Å². The van der Waals surface area contributed by atoms with Crippen LogP contribution < -0.4 is 5.73 Å². The van der Waals surface area contributed by atoms with Crippen molar-refractivity contribution in [2.75, 3.05) is 33.2 Å². The molecule has 0 aliphatic carbocycles. The third-order valence-electron chi connectivity index (χ3n) is 4.91. The van der Waals surface area contributed by atoms with Gasteiger partial charge in [0.15, 0.2) is 0 Å². The number of unbranched alkanes of at least 4 members (excludes halogenated alkanes) is 1. The van der Waals surface area contributed by atoms with Crippen LogP contribution in [0.5, 0.6) is 0 Å². The molecule has 0 spiro atoms. The molecular formula is C24H45N3. The maximum absolute atomic E-state index is 6.02. The number of hydrogen-bond acceptors (Lipinski definition) is 3. The Balaban J connectivity index is 4.50. The van der Waals surface area contributed by atoms with Gasteiger partial charge in [0.2, 0.25) is 0 Å². The summed E-state index contributed by atoms with van der Waals surface area (Å²) in [5.41, 5.74) is 8.24. The van der Waals surface area contributed by atoms with Crippen molar-refractivity contribution in [1.82, 2.24) is 9.80 Å². The maximum Gasteiger partial charge on any atom is 0.0376 e. The van der Waals surface area contributed by atoms with Gasteiger partial charge >= 0.3 is 0 Å². The first-order valence-electron chi connectivity index (χ1n) is 10.6. The Hall–Kier alpha value is -1.32. The largest absolute Gasteiger partial charge is 0.401 e. The lowest BCUT2D eigenvalue weighted by molar-refractivity contribution is 0.185. The summed E-state index contributed by atoms with van der Waals surface area (Å²) in [7, 11) is 2.20. The Morgan fingerprint density at radius 3 is 2.48 bits per heavy atom. The van der Waals surface area contributed by atoms with Gasteiger partial charge in [0.25, 0.3) is 0 Å². The second kappa shape index (κ2) is 15.7. The maximum atomic E-state index is 6.02. The molecule has 156 valence electrons. The van der Waals surface area contributed by atoms with Gasteiger partial charge in [0.05, 0.1) is 0 Å². The average molecular weight is 376 g/mol. The van der Waals surface area contributed by atoms with Crippen molar-refractivity contribution in [3.63, 3.8) is 0 Å². The Morgan fingerprint density at radius 2 is 1.93 bits per heavy atom. The summed E-state index contributed by atoms with van der Waals surface area (Å²) in [5.74, 6) is 0.704. The molecule has 0 fully saturated rings. The summed E-state index contributed by atoms with van der Waals surface area (Å²) in [6.07, 6.45) is 15.1. The van der Waals surface area contributed by atoms with Gasteiger partial charge < -0.3 is 10.6 Å². The van der Waals surface area contributed by atoms with E-state index in [0.29, 0.717) is 12.0 Å². The molecule has 0 aliphatic heterocycles. The number of rotatable bonds is 15. The van der Waals surface area contributed by atoms with E-state index in [2.05, 4.69) is 63.3 Å². The van der Waals surface area contributed by atoms with E-state index >= 15 is 0 Å².